The first-order chi connectivity index (χ1) is 12.0. The zero-order chi connectivity index (χ0) is 18.0. The predicted octanol–water partition coefficient (Wildman–Crippen LogP) is 2.20. The van der Waals surface area contributed by atoms with E-state index in [1.54, 1.807) is 11.4 Å². The minimum absolute atomic E-state index is 0.221. The molecule has 0 aliphatic carbocycles. The van der Waals surface area contributed by atoms with E-state index in [0.717, 1.165) is 17.9 Å². The molecule has 3 rings (SSSR count). The highest BCUT2D eigenvalue weighted by Crippen LogP contribution is 2.21. The van der Waals surface area contributed by atoms with Gasteiger partial charge in [0.05, 0.1) is 5.69 Å². The van der Waals surface area contributed by atoms with Gasteiger partial charge < -0.3 is 9.30 Å². The Bertz CT molecular complexity index is 911. The fourth-order valence-electron chi connectivity index (χ4n) is 2.75. The van der Waals surface area contributed by atoms with Crippen molar-refractivity contribution in [3.05, 3.63) is 45.7 Å². The monoisotopic (exact) mass is 359 g/mol. The molecule has 3 aromatic heterocycles. The van der Waals surface area contributed by atoms with Crippen molar-refractivity contribution in [3.63, 3.8) is 0 Å². The van der Waals surface area contributed by atoms with Crippen LogP contribution in [0.5, 0.6) is 0 Å². The van der Waals surface area contributed by atoms with Gasteiger partial charge in [0.2, 0.25) is 5.78 Å². The van der Waals surface area contributed by atoms with Crippen molar-refractivity contribution in [2.24, 2.45) is 0 Å². The van der Waals surface area contributed by atoms with Gasteiger partial charge in [0.25, 0.3) is 0 Å². The van der Waals surface area contributed by atoms with E-state index in [-0.39, 0.29) is 12.4 Å². The van der Waals surface area contributed by atoms with Crippen LogP contribution in [0.2, 0.25) is 0 Å². The standard InChI is InChI=1S/C16H17N5O3S/c1-4-20-10(2)7-12(11(20)3)14(22)8-24-16(23)15-13(5-6-25-15)21-9-17-18-19-21/h5-7,9H,4,8H2,1-3H3. The fraction of sp³-hybridized carbons (Fsp3) is 0.312. The van der Waals surface area contributed by atoms with Crippen molar-refractivity contribution in [1.29, 1.82) is 0 Å². The molecule has 0 spiro atoms. The Morgan fingerprint density at radius 3 is 2.76 bits per heavy atom. The van der Waals surface area contributed by atoms with Crippen LogP contribution in [0.1, 0.15) is 38.3 Å². The number of Topliss-reactive ketones (excluding diaryl/α,β-unsaturated/α-hetero) is 1. The van der Waals surface area contributed by atoms with Crippen LogP contribution >= 0.6 is 11.3 Å². The van der Waals surface area contributed by atoms with Gasteiger partial charge in [-0.25, -0.2) is 4.79 Å². The maximum Gasteiger partial charge on any atom is 0.351 e. The molecule has 3 aromatic rings. The van der Waals surface area contributed by atoms with E-state index in [9.17, 15) is 9.59 Å². The molecule has 3 heterocycles. The minimum Gasteiger partial charge on any atom is -0.453 e. The summed E-state index contributed by atoms with van der Waals surface area (Å²) in [6.07, 6.45) is 1.39. The highest BCUT2D eigenvalue weighted by Gasteiger charge is 2.20. The number of carbonyl (C=O) groups excluding carboxylic acids is 2. The van der Waals surface area contributed by atoms with Crippen molar-refractivity contribution in [1.82, 2.24) is 24.8 Å². The van der Waals surface area contributed by atoms with E-state index in [0.29, 0.717) is 16.1 Å². The second-order valence-electron chi connectivity index (χ2n) is 5.42. The molecule has 0 saturated heterocycles. The van der Waals surface area contributed by atoms with Crippen LogP contribution in [0.15, 0.2) is 23.8 Å². The first-order valence-electron chi connectivity index (χ1n) is 7.70. The number of rotatable bonds is 6. The second-order valence-corrected chi connectivity index (χ2v) is 6.33. The van der Waals surface area contributed by atoms with E-state index in [2.05, 4.69) is 15.5 Å². The molecule has 0 atom stereocenters. The van der Waals surface area contributed by atoms with Crippen LogP contribution in [0.3, 0.4) is 0 Å². The normalized spacial score (nSPS) is 10.8. The first-order valence-corrected chi connectivity index (χ1v) is 8.58. The zero-order valence-corrected chi connectivity index (χ0v) is 14.9. The maximum atomic E-state index is 12.4. The molecule has 0 aliphatic rings. The summed E-state index contributed by atoms with van der Waals surface area (Å²) in [6.45, 7) is 6.34. The van der Waals surface area contributed by atoms with E-state index in [1.807, 2.05) is 31.4 Å². The van der Waals surface area contributed by atoms with Gasteiger partial charge in [-0.2, -0.15) is 4.68 Å². The Morgan fingerprint density at radius 2 is 2.12 bits per heavy atom. The topological polar surface area (TPSA) is 91.9 Å². The average molecular weight is 359 g/mol. The van der Waals surface area contributed by atoms with Gasteiger partial charge in [0.15, 0.2) is 6.61 Å². The summed E-state index contributed by atoms with van der Waals surface area (Å²) in [4.78, 5) is 25.1. The van der Waals surface area contributed by atoms with Gasteiger partial charge in [-0.1, -0.05) is 0 Å². The summed E-state index contributed by atoms with van der Waals surface area (Å²) in [7, 11) is 0. The molecule has 25 heavy (non-hydrogen) atoms. The number of ketones is 1. The van der Waals surface area contributed by atoms with E-state index in [1.165, 1.54) is 22.3 Å². The lowest BCUT2D eigenvalue weighted by Gasteiger charge is -2.06. The number of thiophene rings is 1. The molecule has 0 unspecified atom stereocenters. The number of hydrogen-bond donors (Lipinski definition) is 0. The number of hydrogen-bond acceptors (Lipinski definition) is 7. The van der Waals surface area contributed by atoms with E-state index < -0.39 is 5.97 Å². The molecule has 8 nitrogen and oxygen atoms in total. The lowest BCUT2D eigenvalue weighted by Crippen LogP contribution is -2.15. The molecule has 0 amide bonds. The van der Waals surface area contributed by atoms with Gasteiger partial charge in [-0.05, 0) is 48.7 Å². The molecular weight excluding hydrogens is 342 g/mol. The molecule has 9 heteroatoms. The number of nitrogens with zero attached hydrogens (tertiary/aromatic N) is 5. The van der Waals surface area contributed by atoms with Crippen molar-refractivity contribution >= 4 is 23.1 Å². The lowest BCUT2D eigenvalue weighted by atomic mass is 10.1. The van der Waals surface area contributed by atoms with Crippen molar-refractivity contribution in [3.8, 4) is 5.69 Å². The second kappa shape index (κ2) is 6.98. The third-order valence-corrected chi connectivity index (χ3v) is 4.83. The van der Waals surface area contributed by atoms with Gasteiger partial charge in [0.1, 0.15) is 11.2 Å². The number of esters is 1. The zero-order valence-electron chi connectivity index (χ0n) is 14.1. The highest BCUT2D eigenvalue weighted by molar-refractivity contribution is 7.12. The molecule has 0 aliphatic heterocycles. The Balaban J connectivity index is 1.71. The van der Waals surface area contributed by atoms with Crippen LogP contribution in [-0.2, 0) is 11.3 Å². The number of aromatic nitrogens is 5. The number of ether oxygens (including phenoxy) is 1. The smallest absolute Gasteiger partial charge is 0.351 e. The van der Waals surface area contributed by atoms with Crippen molar-refractivity contribution in [2.45, 2.75) is 27.3 Å². The molecule has 0 aromatic carbocycles. The SMILES string of the molecule is CCn1c(C)cc(C(=O)COC(=O)c2sccc2-n2cnnn2)c1C. The first kappa shape index (κ1) is 17.0. The largest absolute Gasteiger partial charge is 0.453 e. The van der Waals surface area contributed by atoms with Gasteiger partial charge in [0, 0.05) is 23.5 Å². The number of carbonyl (C=O) groups is 2. The molecule has 0 radical (unpaired) electrons. The third kappa shape index (κ3) is 3.22. The summed E-state index contributed by atoms with van der Waals surface area (Å²) in [5.74, 6) is -0.792. The Kier molecular flexibility index (Phi) is 4.75. The molecular formula is C16H17N5O3S. The van der Waals surface area contributed by atoms with Crippen LogP contribution in [0, 0.1) is 13.8 Å². The fourth-order valence-corrected chi connectivity index (χ4v) is 3.52. The van der Waals surface area contributed by atoms with E-state index >= 15 is 0 Å². The molecule has 0 bridgehead atoms. The summed E-state index contributed by atoms with van der Waals surface area (Å²) in [5, 5.41) is 12.6. The summed E-state index contributed by atoms with van der Waals surface area (Å²) in [6, 6.07) is 3.54. The number of tetrazole rings is 1. The van der Waals surface area contributed by atoms with Crippen LogP contribution in [0.4, 0.5) is 0 Å². The maximum absolute atomic E-state index is 12.4. The van der Waals surface area contributed by atoms with Crippen LogP contribution in [0.25, 0.3) is 5.69 Å². The predicted molar refractivity (Wildman–Crippen MR) is 91.2 cm³/mol. The average Bonchev–Trinajstić information content (AvgIpc) is 3.32. The van der Waals surface area contributed by atoms with Crippen molar-refractivity contribution in [2.75, 3.05) is 6.61 Å². The number of aryl methyl sites for hydroxylation is 1. The minimum atomic E-state index is -0.571. The lowest BCUT2D eigenvalue weighted by molar-refractivity contribution is 0.0479. The Morgan fingerprint density at radius 1 is 1.32 bits per heavy atom. The summed E-state index contributed by atoms with van der Waals surface area (Å²) >= 11 is 1.21. The molecule has 0 fully saturated rings. The quantitative estimate of drug-likeness (QED) is 0.495. The Hall–Kier alpha value is -2.81. The van der Waals surface area contributed by atoms with Crippen molar-refractivity contribution < 1.29 is 14.3 Å². The van der Waals surface area contributed by atoms with Gasteiger partial charge in [-0.3, -0.25) is 4.79 Å². The molecule has 0 saturated carbocycles. The highest BCUT2D eigenvalue weighted by atomic mass is 32.1. The summed E-state index contributed by atoms with van der Waals surface area (Å²) in [5.41, 5.74) is 3.00. The Labute approximate surface area is 148 Å². The van der Waals surface area contributed by atoms with Gasteiger partial charge in [-0.15, -0.1) is 16.4 Å². The van der Waals surface area contributed by atoms with Crippen LogP contribution < -0.4 is 0 Å². The van der Waals surface area contributed by atoms with Gasteiger partial charge >= 0.3 is 5.97 Å². The molecule has 130 valence electrons. The van der Waals surface area contributed by atoms with E-state index in [4.69, 9.17) is 4.74 Å². The summed E-state index contributed by atoms with van der Waals surface area (Å²) < 4.78 is 8.63. The molecule has 0 N–H and O–H groups in total. The van der Waals surface area contributed by atoms with Crippen LogP contribution in [-0.4, -0.2) is 43.1 Å². The third-order valence-electron chi connectivity index (χ3n) is 3.95.